The van der Waals surface area contributed by atoms with Gasteiger partial charge >= 0.3 is 23.9 Å². The first kappa shape index (κ1) is 22.8. The van der Waals surface area contributed by atoms with Crippen molar-refractivity contribution in [3.63, 3.8) is 0 Å². The molecule has 0 amide bonds. The Kier molecular flexibility index (Phi) is 10.4. The molecular weight excluding hydrogens is 340 g/mol. The van der Waals surface area contributed by atoms with E-state index >= 15 is 0 Å². The average Bonchev–Trinajstić information content (AvgIpc) is 2.48. The fourth-order valence-electron chi connectivity index (χ4n) is 1.99. The fraction of sp³-hybridized carbons (Fsp3) is 0.733. The molecule has 0 N–H and O–H groups in total. The Balaban J connectivity index is 5.77. The molecule has 0 fully saturated rings. The SMILES string of the molecule is COC(OC)C(OC(C)=O)C(OC(C)=O)C(COC(C)=O)OC(C)=O. The molecule has 3 atom stereocenters. The minimum atomic E-state index is -1.34. The van der Waals surface area contributed by atoms with Gasteiger partial charge in [0.25, 0.3) is 0 Å². The third kappa shape index (κ3) is 9.01. The van der Waals surface area contributed by atoms with Crippen LogP contribution in [0.15, 0.2) is 0 Å². The minimum Gasteiger partial charge on any atom is -0.462 e. The van der Waals surface area contributed by atoms with Crippen LogP contribution in [0.5, 0.6) is 0 Å². The van der Waals surface area contributed by atoms with Crippen molar-refractivity contribution in [3.8, 4) is 0 Å². The van der Waals surface area contributed by atoms with Crippen LogP contribution >= 0.6 is 0 Å². The number of carbonyl (C=O) groups is 4. The van der Waals surface area contributed by atoms with Crippen molar-refractivity contribution < 1.29 is 47.6 Å². The van der Waals surface area contributed by atoms with Gasteiger partial charge in [-0.15, -0.1) is 0 Å². The van der Waals surface area contributed by atoms with Crippen LogP contribution in [-0.4, -0.2) is 69.3 Å². The molecule has 3 unspecified atom stereocenters. The number of hydrogen-bond acceptors (Lipinski definition) is 10. The Morgan fingerprint density at radius 3 is 1.48 bits per heavy atom. The molecule has 0 bridgehead atoms. The molecule has 0 heterocycles. The Morgan fingerprint density at radius 2 is 1.12 bits per heavy atom. The molecule has 0 spiro atoms. The summed E-state index contributed by atoms with van der Waals surface area (Å²) in [5, 5.41) is 0. The Labute approximate surface area is 145 Å². The molecular formula is C15H24O10. The van der Waals surface area contributed by atoms with E-state index in [2.05, 4.69) is 0 Å². The predicted octanol–water partition coefficient (Wildman–Crippen LogP) is -0.0365. The molecule has 10 nitrogen and oxygen atoms in total. The molecule has 0 aromatic carbocycles. The van der Waals surface area contributed by atoms with E-state index in [1.165, 1.54) is 14.2 Å². The lowest BCUT2D eigenvalue weighted by Gasteiger charge is -2.34. The summed E-state index contributed by atoms with van der Waals surface area (Å²) in [7, 11) is 2.56. The smallest absolute Gasteiger partial charge is 0.303 e. The topological polar surface area (TPSA) is 124 Å². The highest BCUT2D eigenvalue weighted by atomic mass is 16.7. The van der Waals surface area contributed by atoms with E-state index in [-0.39, 0.29) is 0 Å². The molecule has 0 aliphatic heterocycles. The standard InChI is InChI=1S/C15H24O10/c1-8(16)22-7-12(23-9(2)17)13(24-10(3)18)14(25-11(4)19)15(20-5)21-6/h12-15H,7H2,1-6H3. The summed E-state index contributed by atoms with van der Waals surface area (Å²) in [6.07, 6.45) is -5.00. The van der Waals surface area contributed by atoms with Gasteiger partial charge in [0.15, 0.2) is 24.6 Å². The Hall–Kier alpha value is -2.20. The lowest BCUT2D eigenvalue weighted by Crippen LogP contribution is -2.53. The van der Waals surface area contributed by atoms with Crippen LogP contribution in [0.4, 0.5) is 0 Å². The van der Waals surface area contributed by atoms with E-state index in [9.17, 15) is 19.2 Å². The van der Waals surface area contributed by atoms with Gasteiger partial charge in [0.2, 0.25) is 0 Å². The maximum atomic E-state index is 11.5. The average molecular weight is 364 g/mol. The summed E-state index contributed by atoms with van der Waals surface area (Å²) in [6.45, 7) is 4.10. The number of ether oxygens (including phenoxy) is 6. The molecule has 0 saturated carbocycles. The van der Waals surface area contributed by atoms with Crippen molar-refractivity contribution in [3.05, 3.63) is 0 Å². The number of hydrogen-bond donors (Lipinski definition) is 0. The predicted molar refractivity (Wildman–Crippen MR) is 81.1 cm³/mol. The summed E-state index contributed by atoms with van der Waals surface area (Å²) < 4.78 is 30.3. The molecule has 0 aliphatic rings. The molecule has 0 aliphatic carbocycles. The van der Waals surface area contributed by atoms with Crippen LogP contribution in [0.1, 0.15) is 27.7 Å². The van der Waals surface area contributed by atoms with Gasteiger partial charge < -0.3 is 28.4 Å². The zero-order valence-corrected chi connectivity index (χ0v) is 15.1. The molecule has 25 heavy (non-hydrogen) atoms. The summed E-state index contributed by atoms with van der Waals surface area (Å²) in [4.78, 5) is 45.3. The number of rotatable bonds is 10. The van der Waals surface area contributed by atoms with Crippen molar-refractivity contribution in [1.29, 1.82) is 0 Å². The van der Waals surface area contributed by atoms with E-state index in [1.54, 1.807) is 0 Å². The monoisotopic (exact) mass is 364 g/mol. The normalized spacial score (nSPS) is 14.2. The van der Waals surface area contributed by atoms with E-state index in [0.29, 0.717) is 0 Å². The second-order valence-corrected chi connectivity index (χ2v) is 4.94. The zero-order valence-electron chi connectivity index (χ0n) is 15.1. The third-order valence-corrected chi connectivity index (χ3v) is 2.80. The number of methoxy groups -OCH3 is 2. The van der Waals surface area contributed by atoms with E-state index < -0.39 is 55.1 Å². The summed E-state index contributed by atoms with van der Waals surface area (Å²) in [5.41, 5.74) is 0. The van der Waals surface area contributed by atoms with Crippen molar-refractivity contribution in [2.45, 2.75) is 52.3 Å². The highest BCUT2D eigenvalue weighted by molar-refractivity contribution is 5.68. The van der Waals surface area contributed by atoms with Crippen LogP contribution < -0.4 is 0 Å². The van der Waals surface area contributed by atoms with Gasteiger partial charge in [0, 0.05) is 41.9 Å². The zero-order chi connectivity index (χ0) is 19.6. The van der Waals surface area contributed by atoms with Crippen molar-refractivity contribution >= 4 is 23.9 Å². The van der Waals surface area contributed by atoms with Crippen LogP contribution in [0, 0.1) is 0 Å². The fourth-order valence-corrected chi connectivity index (χ4v) is 1.99. The van der Waals surface area contributed by atoms with Gasteiger partial charge in [0.05, 0.1) is 0 Å². The van der Waals surface area contributed by atoms with Crippen molar-refractivity contribution in [2.24, 2.45) is 0 Å². The van der Waals surface area contributed by atoms with Crippen LogP contribution in [0.2, 0.25) is 0 Å². The van der Waals surface area contributed by atoms with Gasteiger partial charge in [-0.25, -0.2) is 0 Å². The van der Waals surface area contributed by atoms with E-state index in [0.717, 1.165) is 27.7 Å². The van der Waals surface area contributed by atoms with Crippen LogP contribution in [0.3, 0.4) is 0 Å². The van der Waals surface area contributed by atoms with E-state index in [4.69, 9.17) is 28.4 Å². The highest BCUT2D eigenvalue weighted by Crippen LogP contribution is 2.19. The molecule has 0 rings (SSSR count). The molecule has 0 aromatic rings. The van der Waals surface area contributed by atoms with Gasteiger partial charge in [-0.1, -0.05) is 0 Å². The third-order valence-electron chi connectivity index (χ3n) is 2.80. The Bertz CT molecular complexity index is 471. The first-order chi connectivity index (χ1) is 11.6. The van der Waals surface area contributed by atoms with Crippen LogP contribution in [0.25, 0.3) is 0 Å². The van der Waals surface area contributed by atoms with Gasteiger partial charge in [0.1, 0.15) is 6.61 Å². The van der Waals surface area contributed by atoms with Crippen molar-refractivity contribution in [2.75, 3.05) is 20.8 Å². The largest absolute Gasteiger partial charge is 0.462 e. The number of carbonyl (C=O) groups excluding carboxylic acids is 4. The van der Waals surface area contributed by atoms with Gasteiger partial charge in [-0.3, -0.25) is 19.2 Å². The van der Waals surface area contributed by atoms with E-state index in [1.807, 2.05) is 0 Å². The lowest BCUT2D eigenvalue weighted by molar-refractivity contribution is -0.232. The second-order valence-electron chi connectivity index (χ2n) is 4.94. The molecule has 0 saturated heterocycles. The summed E-state index contributed by atoms with van der Waals surface area (Å²) in [6, 6.07) is 0. The van der Waals surface area contributed by atoms with Crippen molar-refractivity contribution in [1.82, 2.24) is 0 Å². The highest BCUT2D eigenvalue weighted by Gasteiger charge is 2.42. The maximum Gasteiger partial charge on any atom is 0.303 e. The first-order valence-electron chi connectivity index (χ1n) is 7.32. The van der Waals surface area contributed by atoms with Gasteiger partial charge in [-0.2, -0.15) is 0 Å². The quantitative estimate of drug-likeness (QED) is 0.296. The minimum absolute atomic E-state index is 0.426. The molecule has 10 heteroatoms. The lowest BCUT2D eigenvalue weighted by atomic mass is 10.1. The Morgan fingerprint density at radius 1 is 0.680 bits per heavy atom. The molecule has 144 valence electrons. The van der Waals surface area contributed by atoms with Crippen LogP contribution in [-0.2, 0) is 47.6 Å². The first-order valence-corrected chi connectivity index (χ1v) is 7.32. The molecule has 0 radical (unpaired) electrons. The maximum absolute atomic E-state index is 11.5. The second kappa shape index (κ2) is 11.4. The molecule has 0 aromatic heterocycles. The summed E-state index contributed by atoms with van der Waals surface area (Å²) in [5.74, 6) is -2.82. The summed E-state index contributed by atoms with van der Waals surface area (Å²) >= 11 is 0. The number of esters is 4. The van der Waals surface area contributed by atoms with Gasteiger partial charge in [-0.05, 0) is 0 Å².